The summed E-state index contributed by atoms with van der Waals surface area (Å²) in [6, 6.07) is 0. The van der Waals surface area contributed by atoms with Crippen molar-refractivity contribution in [3.63, 3.8) is 0 Å². The van der Waals surface area contributed by atoms with Gasteiger partial charge in [0, 0.05) is 6.54 Å². The highest BCUT2D eigenvalue weighted by Crippen LogP contribution is 2.29. The molecule has 0 fully saturated rings. The molecule has 0 aliphatic carbocycles. The highest BCUT2D eigenvalue weighted by atomic mass is 28.2. The summed E-state index contributed by atoms with van der Waals surface area (Å²) in [6.07, 6.45) is 2.49. The number of unbranched alkanes of at least 4 members (excludes halogenated alkanes) is 1. The Morgan fingerprint density at radius 1 is 0.962 bits per heavy atom. The van der Waals surface area contributed by atoms with Crippen molar-refractivity contribution in [3.05, 3.63) is 29.1 Å². The minimum Gasteiger partial charge on any atom is -0.422 e. The van der Waals surface area contributed by atoms with Gasteiger partial charge in [0.15, 0.2) is 0 Å². The Balaban J connectivity index is 2.54. The number of carbonyl (C=O) groups is 1. The maximum absolute atomic E-state index is 13.4. The van der Waals surface area contributed by atoms with Crippen LogP contribution in [0.25, 0.3) is 0 Å². The van der Waals surface area contributed by atoms with Gasteiger partial charge in [-0.05, 0) is 32.1 Å². The molecule has 4 nitrogen and oxygen atoms in total. The molecule has 1 N–H and O–H groups in total. The quantitative estimate of drug-likeness (QED) is 0.227. The van der Waals surface area contributed by atoms with Crippen LogP contribution in [0.1, 0.15) is 46.0 Å². The lowest BCUT2D eigenvalue weighted by molar-refractivity contribution is 0.0585. The molecule has 0 saturated carbocycles. The summed E-state index contributed by atoms with van der Waals surface area (Å²) in [5.41, 5.74) is -0.178. The molecular formula is C16H22F5NO3Si. The minimum atomic E-state index is -2.32. The highest BCUT2D eigenvalue weighted by Gasteiger charge is 2.28. The van der Waals surface area contributed by atoms with Gasteiger partial charge in [-0.3, -0.25) is 0 Å². The Kier molecular flexibility index (Phi) is 8.48. The molecule has 0 aromatic heterocycles. The van der Waals surface area contributed by atoms with Crippen LogP contribution >= 0.6 is 0 Å². The van der Waals surface area contributed by atoms with E-state index in [2.05, 4.69) is 10.1 Å². The number of carbonyl (C=O) groups excluding carboxylic acids is 1. The van der Waals surface area contributed by atoms with Crippen LogP contribution in [0, 0.1) is 29.1 Å². The van der Waals surface area contributed by atoms with E-state index < -0.39 is 40.9 Å². The zero-order valence-electron chi connectivity index (χ0n) is 14.9. The van der Waals surface area contributed by atoms with Crippen molar-refractivity contribution in [2.45, 2.75) is 51.6 Å². The third-order valence-electron chi connectivity index (χ3n) is 4.41. The van der Waals surface area contributed by atoms with Gasteiger partial charge < -0.3 is 14.5 Å². The summed E-state index contributed by atoms with van der Waals surface area (Å²) in [6.45, 7) is 4.18. The molecule has 1 amide bonds. The number of amides is 1. The van der Waals surface area contributed by atoms with Crippen LogP contribution in [0.3, 0.4) is 0 Å². The van der Waals surface area contributed by atoms with E-state index in [0.717, 1.165) is 25.7 Å². The Bertz CT molecular complexity index is 604. The molecule has 0 atom stereocenters. The second-order valence-electron chi connectivity index (χ2n) is 5.77. The monoisotopic (exact) mass is 399 g/mol. The molecule has 10 heteroatoms. The van der Waals surface area contributed by atoms with Gasteiger partial charge in [0.1, 0.15) is 10.5 Å². The van der Waals surface area contributed by atoms with Crippen LogP contribution in [-0.2, 0) is 4.43 Å². The molecule has 0 spiro atoms. The SMILES string of the molecule is CCC(CC)(CCCCNC(=O)Oc1c(F)c(F)c(F)c(F)c1F)O[SiH3]. The molecule has 1 rings (SSSR count). The van der Waals surface area contributed by atoms with Crippen molar-refractivity contribution in [1.29, 1.82) is 0 Å². The average Bonchev–Trinajstić information content (AvgIpc) is 2.65. The van der Waals surface area contributed by atoms with Gasteiger partial charge in [0.2, 0.25) is 34.8 Å². The van der Waals surface area contributed by atoms with Crippen LogP contribution in [-0.4, -0.2) is 28.7 Å². The summed E-state index contributed by atoms with van der Waals surface area (Å²) in [5, 5.41) is 2.21. The summed E-state index contributed by atoms with van der Waals surface area (Å²) in [5.74, 6) is -12.7. The maximum Gasteiger partial charge on any atom is 0.412 e. The summed E-state index contributed by atoms with van der Waals surface area (Å²) in [4.78, 5) is 11.5. The second kappa shape index (κ2) is 9.86. The fourth-order valence-corrected chi connectivity index (χ4v) is 3.34. The predicted molar refractivity (Wildman–Crippen MR) is 88.4 cm³/mol. The zero-order chi connectivity index (χ0) is 19.9. The van der Waals surface area contributed by atoms with Crippen molar-refractivity contribution in [3.8, 4) is 5.75 Å². The van der Waals surface area contributed by atoms with Crippen LogP contribution < -0.4 is 10.1 Å². The minimum absolute atomic E-state index is 0.124. The van der Waals surface area contributed by atoms with Crippen molar-refractivity contribution in [2.75, 3.05) is 6.54 Å². The standard InChI is InChI=1S/C16H22F5NO3Si/c1-3-16(4-2,25-26)7-5-6-8-22-15(23)24-14-12(20)10(18)9(17)11(19)13(14)21/h3-8H2,1-2,26H3,(H,22,23). The molecular weight excluding hydrogens is 377 g/mol. The van der Waals surface area contributed by atoms with E-state index >= 15 is 0 Å². The topological polar surface area (TPSA) is 47.6 Å². The summed E-state index contributed by atoms with van der Waals surface area (Å²) < 4.78 is 75.7. The Labute approximate surface area is 151 Å². The fourth-order valence-electron chi connectivity index (χ4n) is 2.56. The highest BCUT2D eigenvalue weighted by molar-refractivity contribution is 5.98. The van der Waals surface area contributed by atoms with E-state index in [-0.39, 0.29) is 12.1 Å². The number of benzene rings is 1. The Morgan fingerprint density at radius 2 is 1.46 bits per heavy atom. The average molecular weight is 399 g/mol. The lowest BCUT2D eigenvalue weighted by Gasteiger charge is -2.31. The number of hydrogen-bond donors (Lipinski definition) is 1. The third kappa shape index (κ3) is 5.16. The first-order chi connectivity index (χ1) is 12.2. The molecule has 0 unspecified atom stereocenters. The second-order valence-corrected chi connectivity index (χ2v) is 6.17. The van der Waals surface area contributed by atoms with Crippen LogP contribution in [0.4, 0.5) is 26.7 Å². The number of rotatable bonds is 9. The van der Waals surface area contributed by atoms with Gasteiger partial charge in [-0.25, -0.2) is 18.0 Å². The van der Waals surface area contributed by atoms with E-state index in [9.17, 15) is 26.7 Å². The number of ether oxygens (including phenoxy) is 1. The molecule has 1 aromatic carbocycles. The van der Waals surface area contributed by atoms with Gasteiger partial charge in [-0.2, -0.15) is 8.78 Å². The molecule has 0 bridgehead atoms. The van der Waals surface area contributed by atoms with Gasteiger partial charge in [-0.1, -0.05) is 13.8 Å². The van der Waals surface area contributed by atoms with Crippen LogP contribution in [0.2, 0.25) is 0 Å². The third-order valence-corrected chi connectivity index (χ3v) is 5.28. The fraction of sp³-hybridized carbons (Fsp3) is 0.562. The molecule has 148 valence electrons. The number of halogens is 5. The molecule has 26 heavy (non-hydrogen) atoms. The summed E-state index contributed by atoms with van der Waals surface area (Å²) >= 11 is 0. The molecule has 0 saturated heterocycles. The van der Waals surface area contributed by atoms with Gasteiger partial charge in [0.25, 0.3) is 0 Å². The molecule has 0 aliphatic rings. The number of nitrogens with one attached hydrogen (secondary N) is 1. The van der Waals surface area contributed by atoms with E-state index in [1.165, 1.54) is 0 Å². The molecule has 0 radical (unpaired) electrons. The van der Waals surface area contributed by atoms with Gasteiger partial charge in [-0.15, -0.1) is 0 Å². The van der Waals surface area contributed by atoms with Crippen molar-refractivity contribution >= 4 is 16.6 Å². The lowest BCUT2D eigenvalue weighted by Crippen LogP contribution is -2.31. The molecule has 0 heterocycles. The van der Waals surface area contributed by atoms with Crippen LogP contribution in [0.15, 0.2) is 0 Å². The van der Waals surface area contributed by atoms with Crippen LogP contribution in [0.5, 0.6) is 5.75 Å². The lowest BCUT2D eigenvalue weighted by atomic mass is 9.91. The van der Waals surface area contributed by atoms with E-state index in [1.54, 1.807) is 0 Å². The number of hydrogen-bond acceptors (Lipinski definition) is 3. The van der Waals surface area contributed by atoms with E-state index in [1.807, 2.05) is 13.8 Å². The molecule has 0 aliphatic heterocycles. The zero-order valence-corrected chi connectivity index (χ0v) is 16.9. The van der Waals surface area contributed by atoms with E-state index in [4.69, 9.17) is 4.43 Å². The van der Waals surface area contributed by atoms with Crippen molar-refractivity contribution in [1.82, 2.24) is 5.32 Å². The Hall–Kier alpha value is -1.68. The predicted octanol–water partition coefficient (Wildman–Crippen LogP) is 3.50. The smallest absolute Gasteiger partial charge is 0.412 e. The Morgan fingerprint density at radius 3 is 1.92 bits per heavy atom. The van der Waals surface area contributed by atoms with Gasteiger partial charge in [0.05, 0.1) is 5.60 Å². The van der Waals surface area contributed by atoms with E-state index in [0.29, 0.717) is 16.9 Å². The molecule has 1 aromatic rings. The van der Waals surface area contributed by atoms with Crippen molar-refractivity contribution in [2.24, 2.45) is 0 Å². The first-order valence-corrected chi connectivity index (χ1v) is 9.06. The maximum atomic E-state index is 13.4. The normalized spacial score (nSPS) is 11.7. The van der Waals surface area contributed by atoms with Crippen molar-refractivity contribution < 1.29 is 35.9 Å². The summed E-state index contributed by atoms with van der Waals surface area (Å²) in [7, 11) is 0.615. The largest absolute Gasteiger partial charge is 0.422 e. The first kappa shape index (κ1) is 22.4. The van der Waals surface area contributed by atoms with Gasteiger partial charge >= 0.3 is 6.09 Å². The first-order valence-electron chi connectivity index (χ1n) is 8.25.